The summed E-state index contributed by atoms with van der Waals surface area (Å²) in [6, 6.07) is 6.39. The summed E-state index contributed by atoms with van der Waals surface area (Å²) < 4.78 is 1.20. The van der Waals surface area contributed by atoms with Gasteiger partial charge in [0.05, 0.1) is 26.7 Å². The molecule has 32 heavy (non-hydrogen) atoms. The maximum Gasteiger partial charge on any atom is 0.252 e. The number of carbonyl (C=O) groups excluding carboxylic acids is 1. The standard InChI is InChI=1S/C23H27N4OPS.C2H2/c1-3-8-25-9-11-26(12-10-25)18-5-7-23-27(15-18)22(28)14-20(29-23)17-4-6-21-19(13-17)24-16(2)30-21;1-2/h4-7,13-15,23,29H,3,8-12H2,1-2H3;1-2H. The zero-order chi connectivity index (χ0) is 22.7. The van der Waals surface area contributed by atoms with Gasteiger partial charge in [-0.05, 0) is 49.0 Å². The van der Waals surface area contributed by atoms with Crippen LogP contribution in [0.4, 0.5) is 0 Å². The molecule has 0 aliphatic carbocycles. The van der Waals surface area contributed by atoms with Crippen molar-refractivity contribution in [2.45, 2.75) is 26.1 Å². The van der Waals surface area contributed by atoms with Crippen LogP contribution >= 0.6 is 19.9 Å². The van der Waals surface area contributed by atoms with E-state index >= 15 is 0 Å². The molecule has 0 radical (unpaired) electrons. The van der Waals surface area contributed by atoms with Crippen molar-refractivity contribution in [2.75, 3.05) is 32.7 Å². The molecule has 1 aromatic heterocycles. The predicted molar refractivity (Wildman–Crippen MR) is 137 cm³/mol. The summed E-state index contributed by atoms with van der Waals surface area (Å²) in [5.74, 6) is 0.199. The molecule has 5 rings (SSSR count). The van der Waals surface area contributed by atoms with Gasteiger partial charge in [-0.15, -0.1) is 24.2 Å². The number of carbonyl (C=O) groups is 1. The lowest BCUT2D eigenvalue weighted by atomic mass is 10.1. The van der Waals surface area contributed by atoms with Gasteiger partial charge < -0.3 is 9.80 Å². The summed E-state index contributed by atoms with van der Waals surface area (Å²) in [5, 5.41) is 2.20. The van der Waals surface area contributed by atoms with Crippen LogP contribution < -0.4 is 0 Å². The van der Waals surface area contributed by atoms with Gasteiger partial charge in [0, 0.05) is 38.5 Å². The van der Waals surface area contributed by atoms with E-state index in [0.29, 0.717) is 8.58 Å². The molecule has 166 valence electrons. The summed E-state index contributed by atoms with van der Waals surface area (Å²) in [7, 11) is 0.542. The fraction of sp³-hybridized carbons (Fsp3) is 0.360. The van der Waals surface area contributed by atoms with Crippen LogP contribution in [0.25, 0.3) is 15.5 Å². The van der Waals surface area contributed by atoms with Crippen LogP contribution in [0.5, 0.6) is 0 Å². The summed E-state index contributed by atoms with van der Waals surface area (Å²) in [5.41, 5.74) is 3.31. The number of nitrogens with zero attached hydrogens (tertiary/aromatic N) is 4. The van der Waals surface area contributed by atoms with Crippen molar-refractivity contribution in [2.24, 2.45) is 0 Å². The molecule has 1 amide bonds. The van der Waals surface area contributed by atoms with Gasteiger partial charge in [0.1, 0.15) is 0 Å². The number of aromatic nitrogens is 1. The molecule has 0 bridgehead atoms. The highest BCUT2D eigenvalue weighted by Gasteiger charge is 2.30. The first-order chi connectivity index (χ1) is 15.6. The van der Waals surface area contributed by atoms with Crippen molar-refractivity contribution in [3.63, 3.8) is 0 Å². The lowest BCUT2D eigenvalue weighted by molar-refractivity contribution is -0.123. The van der Waals surface area contributed by atoms with Gasteiger partial charge in [-0.3, -0.25) is 9.69 Å². The molecule has 2 aromatic rings. The molecule has 2 unspecified atom stereocenters. The Morgan fingerprint density at radius 2 is 2.00 bits per heavy atom. The molecule has 3 aliphatic rings. The van der Waals surface area contributed by atoms with E-state index in [1.165, 1.54) is 17.7 Å². The molecule has 1 fully saturated rings. The molecule has 4 heterocycles. The fourth-order valence-corrected chi connectivity index (χ4v) is 6.56. The lowest BCUT2D eigenvalue weighted by Crippen LogP contribution is -2.47. The molecule has 0 spiro atoms. The number of hydrogen-bond acceptors (Lipinski definition) is 5. The first-order valence-electron chi connectivity index (χ1n) is 11.0. The minimum Gasteiger partial charge on any atom is -0.368 e. The minimum atomic E-state index is 0.0785. The molecule has 1 saturated heterocycles. The largest absolute Gasteiger partial charge is 0.368 e. The van der Waals surface area contributed by atoms with E-state index in [2.05, 4.69) is 71.1 Å². The normalized spacial score (nSPS) is 21.8. The second-order valence-electron chi connectivity index (χ2n) is 8.05. The quantitative estimate of drug-likeness (QED) is 0.494. The third-order valence-electron chi connectivity index (χ3n) is 5.93. The monoisotopic (exact) mass is 464 g/mol. The SMILES string of the molecule is C#C.CCCN1CCN(C2=CN3C(=O)C=C(c4ccc5sc(C)nc5c4)PC3C=C2)CC1. The Labute approximate surface area is 196 Å². The average Bonchev–Trinajstić information content (AvgIpc) is 3.20. The van der Waals surface area contributed by atoms with Crippen LogP contribution in [-0.2, 0) is 4.79 Å². The Balaban J connectivity index is 0.00000119. The number of terminal acetylenes is 1. The van der Waals surface area contributed by atoms with Crippen LogP contribution in [0.3, 0.4) is 0 Å². The Morgan fingerprint density at radius 3 is 2.75 bits per heavy atom. The Kier molecular flexibility index (Phi) is 7.10. The third kappa shape index (κ3) is 4.66. The van der Waals surface area contributed by atoms with Crippen molar-refractivity contribution < 1.29 is 4.79 Å². The molecule has 5 nitrogen and oxygen atoms in total. The highest BCUT2D eigenvalue weighted by Crippen LogP contribution is 2.45. The second-order valence-corrected chi connectivity index (χ2v) is 10.7. The van der Waals surface area contributed by atoms with E-state index in [1.807, 2.05) is 17.9 Å². The smallest absolute Gasteiger partial charge is 0.252 e. The van der Waals surface area contributed by atoms with Crippen molar-refractivity contribution in [1.29, 1.82) is 0 Å². The average molecular weight is 465 g/mol. The van der Waals surface area contributed by atoms with Gasteiger partial charge >= 0.3 is 0 Å². The van der Waals surface area contributed by atoms with E-state index in [4.69, 9.17) is 0 Å². The van der Waals surface area contributed by atoms with Crippen molar-refractivity contribution in [1.82, 2.24) is 19.7 Å². The van der Waals surface area contributed by atoms with Gasteiger partial charge in [-0.1, -0.05) is 27.6 Å². The summed E-state index contributed by atoms with van der Waals surface area (Å²) in [6.45, 7) is 9.70. The van der Waals surface area contributed by atoms with Crippen LogP contribution in [0.15, 0.2) is 48.3 Å². The van der Waals surface area contributed by atoms with E-state index in [1.54, 1.807) is 11.3 Å². The lowest BCUT2D eigenvalue weighted by Gasteiger charge is -2.40. The molecule has 3 aliphatic heterocycles. The Morgan fingerprint density at radius 1 is 1.22 bits per heavy atom. The van der Waals surface area contributed by atoms with Gasteiger partial charge in [0.25, 0.3) is 5.91 Å². The van der Waals surface area contributed by atoms with Crippen LogP contribution in [-0.4, -0.2) is 64.1 Å². The summed E-state index contributed by atoms with van der Waals surface area (Å²) in [4.78, 5) is 24.4. The number of benzene rings is 1. The Bertz CT molecular complexity index is 1110. The van der Waals surface area contributed by atoms with Crippen LogP contribution in [0.1, 0.15) is 23.9 Å². The van der Waals surface area contributed by atoms with Crippen molar-refractivity contribution >= 4 is 41.4 Å². The first kappa shape index (κ1) is 22.7. The highest BCUT2D eigenvalue weighted by molar-refractivity contribution is 7.51. The van der Waals surface area contributed by atoms with E-state index in [-0.39, 0.29) is 11.7 Å². The number of allylic oxidation sites excluding steroid dienone is 1. The molecule has 2 atom stereocenters. The summed E-state index contributed by atoms with van der Waals surface area (Å²) >= 11 is 1.71. The molecule has 7 heteroatoms. The number of hydrogen-bond donors (Lipinski definition) is 0. The van der Waals surface area contributed by atoms with Gasteiger partial charge in [0.15, 0.2) is 0 Å². The van der Waals surface area contributed by atoms with Gasteiger partial charge in [0.2, 0.25) is 0 Å². The summed E-state index contributed by atoms with van der Waals surface area (Å²) in [6.07, 6.45) is 17.5. The minimum absolute atomic E-state index is 0.0785. The first-order valence-corrected chi connectivity index (χ1v) is 12.9. The van der Waals surface area contributed by atoms with E-state index in [0.717, 1.165) is 53.3 Å². The zero-order valence-corrected chi connectivity index (χ0v) is 20.4. The van der Waals surface area contributed by atoms with Crippen LogP contribution in [0.2, 0.25) is 0 Å². The van der Waals surface area contributed by atoms with Gasteiger partial charge in [-0.2, -0.15) is 0 Å². The number of fused-ring (bicyclic) bond motifs is 2. The van der Waals surface area contributed by atoms with E-state index in [9.17, 15) is 4.79 Å². The molecule has 0 saturated carbocycles. The maximum absolute atomic E-state index is 13.0. The second kappa shape index (κ2) is 10.0. The van der Waals surface area contributed by atoms with Crippen LogP contribution in [0, 0.1) is 19.8 Å². The van der Waals surface area contributed by atoms with Crippen molar-refractivity contribution in [3.8, 4) is 12.8 Å². The maximum atomic E-state index is 13.0. The third-order valence-corrected chi connectivity index (χ3v) is 8.39. The van der Waals surface area contributed by atoms with Gasteiger partial charge in [-0.25, -0.2) is 4.98 Å². The number of thiazole rings is 1. The molecule has 1 aromatic carbocycles. The predicted octanol–water partition coefficient (Wildman–Crippen LogP) is 4.48. The number of amides is 1. The highest BCUT2D eigenvalue weighted by atomic mass is 32.1. The topological polar surface area (TPSA) is 39.7 Å². The molecule has 0 N–H and O–H groups in total. The number of piperazine rings is 1. The van der Waals surface area contributed by atoms with Crippen molar-refractivity contribution in [3.05, 3.63) is 58.9 Å². The Hall–Kier alpha value is -2.45. The molecular formula is C25H29N4OPS. The molecular weight excluding hydrogens is 435 g/mol. The number of aryl methyl sites for hydroxylation is 1. The van der Waals surface area contributed by atoms with E-state index < -0.39 is 0 Å². The number of rotatable bonds is 4. The fourth-order valence-electron chi connectivity index (χ4n) is 4.38. The zero-order valence-electron chi connectivity index (χ0n) is 18.6.